The number of amidine groups is 1. The predicted octanol–water partition coefficient (Wildman–Crippen LogP) is 5.30. The number of anilines is 1. The maximum Gasteiger partial charge on any atom is 0.300 e. The number of aliphatic imine (C=N–C) groups is 1. The van der Waals surface area contributed by atoms with Crippen molar-refractivity contribution in [2.24, 2.45) is 4.99 Å². The Bertz CT molecular complexity index is 931. The zero-order chi connectivity index (χ0) is 22.4. The third-order valence-corrected chi connectivity index (χ3v) is 5.89. The maximum atomic E-state index is 12.9. The first-order valence-electron chi connectivity index (χ1n) is 11.2. The van der Waals surface area contributed by atoms with Crippen molar-refractivity contribution in [2.75, 3.05) is 24.5 Å². The third-order valence-electron chi connectivity index (χ3n) is 5.89. The smallest absolute Gasteiger partial charge is 0.300 e. The number of carbonyl (C=O) groups is 1. The zero-order valence-electron chi connectivity index (χ0n) is 19.2. The van der Waals surface area contributed by atoms with Crippen molar-refractivity contribution >= 4 is 23.7 Å². The Labute approximate surface area is 186 Å². The fourth-order valence-electron chi connectivity index (χ4n) is 3.73. The molecule has 3 rings (SSSR count). The van der Waals surface area contributed by atoms with Gasteiger partial charge >= 0.3 is 6.02 Å². The van der Waals surface area contributed by atoms with Crippen LogP contribution in [0.5, 0.6) is 0 Å². The van der Waals surface area contributed by atoms with Crippen LogP contribution in [-0.4, -0.2) is 42.5 Å². The summed E-state index contributed by atoms with van der Waals surface area (Å²) in [5, 5.41) is 0. The second-order valence-corrected chi connectivity index (χ2v) is 7.78. The van der Waals surface area contributed by atoms with Crippen LogP contribution in [0.2, 0.25) is 0 Å². The minimum atomic E-state index is -0.145. The van der Waals surface area contributed by atoms with Gasteiger partial charge in [0.1, 0.15) is 0 Å². The lowest BCUT2D eigenvalue weighted by Crippen LogP contribution is -2.30. The molecule has 2 unspecified atom stereocenters. The fraction of sp³-hybridized carbons (Fsp3) is 0.385. The molecule has 2 atom stereocenters. The number of amides is 1. The van der Waals surface area contributed by atoms with Crippen LogP contribution in [-0.2, 0) is 9.53 Å². The highest BCUT2D eigenvalue weighted by Gasteiger charge is 2.34. The van der Waals surface area contributed by atoms with E-state index < -0.39 is 0 Å². The molecule has 5 nitrogen and oxygen atoms in total. The molecule has 2 aromatic rings. The average Bonchev–Trinajstić information content (AvgIpc) is 3.09. The Morgan fingerprint density at radius 2 is 1.65 bits per heavy atom. The maximum absolute atomic E-state index is 12.9. The number of ether oxygens (including phenoxy) is 1. The fourth-order valence-corrected chi connectivity index (χ4v) is 3.73. The van der Waals surface area contributed by atoms with Gasteiger partial charge in [-0.05, 0) is 57.0 Å². The van der Waals surface area contributed by atoms with Crippen molar-refractivity contribution in [3.63, 3.8) is 0 Å². The Morgan fingerprint density at radius 1 is 1.00 bits per heavy atom. The minimum absolute atomic E-state index is 0.0213. The number of rotatable bonds is 8. The van der Waals surface area contributed by atoms with Gasteiger partial charge in [-0.3, -0.25) is 9.69 Å². The van der Waals surface area contributed by atoms with Crippen LogP contribution >= 0.6 is 0 Å². The van der Waals surface area contributed by atoms with E-state index in [9.17, 15) is 4.79 Å². The second kappa shape index (κ2) is 10.3. The average molecular weight is 420 g/mol. The number of benzene rings is 2. The summed E-state index contributed by atoms with van der Waals surface area (Å²) in [6.45, 7) is 12.9. The molecule has 0 N–H and O–H groups in total. The molecule has 0 aromatic heterocycles. The van der Waals surface area contributed by atoms with Crippen molar-refractivity contribution < 1.29 is 9.53 Å². The van der Waals surface area contributed by atoms with Gasteiger partial charge in [0.2, 0.25) is 0 Å². The van der Waals surface area contributed by atoms with E-state index in [0.717, 1.165) is 18.7 Å². The van der Waals surface area contributed by atoms with E-state index >= 15 is 0 Å². The second-order valence-electron chi connectivity index (χ2n) is 7.78. The number of nitrogens with zero attached hydrogens (tertiary/aromatic N) is 3. The van der Waals surface area contributed by atoms with E-state index in [1.807, 2.05) is 37.3 Å². The SMILES string of the molecule is CCN1C(=O)/C(=C\c2ccc(N(CC)CC)cc2)O/C1=N/C(C)C(C)c1ccccc1. The molecule has 2 aromatic carbocycles. The molecule has 1 heterocycles. The first kappa shape index (κ1) is 22.6. The monoisotopic (exact) mass is 419 g/mol. The Morgan fingerprint density at radius 3 is 2.23 bits per heavy atom. The predicted molar refractivity (Wildman–Crippen MR) is 128 cm³/mol. The van der Waals surface area contributed by atoms with Gasteiger partial charge in [-0.1, -0.05) is 49.4 Å². The Hall–Kier alpha value is -3.08. The van der Waals surface area contributed by atoms with E-state index in [4.69, 9.17) is 9.73 Å². The highest BCUT2D eigenvalue weighted by Crippen LogP contribution is 2.25. The number of likely N-dealkylation sites (N-methyl/N-ethyl adjacent to an activating group) is 1. The number of carbonyl (C=O) groups excluding carboxylic acids is 1. The van der Waals surface area contributed by atoms with E-state index in [2.05, 4.69) is 56.9 Å². The Kier molecular flexibility index (Phi) is 7.50. The first-order chi connectivity index (χ1) is 15.0. The molecule has 0 aliphatic carbocycles. The lowest BCUT2D eigenvalue weighted by Gasteiger charge is -2.20. The van der Waals surface area contributed by atoms with Crippen molar-refractivity contribution in [3.05, 3.63) is 71.5 Å². The van der Waals surface area contributed by atoms with Crippen LogP contribution in [0.15, 0.2) is 65.3 Å². The summed E-state index contributed by atoms with van der Waals surface area (Å²) in [4.78, 5) is 21.5. The van der Waals surface area contributed by atoms with Crippen molar-refractivity contribution in [1.29, 1.82) is 0 Å². The van der Waals surface area contributed by atoms with Crippen LogP contribution in [0, 0.1) is 0 Å². The van der Waals surface area contributed by atoms with Gasteiger partial charge in [0.15, 0.2) is 5.76 Å². The molecule has 5 heteroatoms. The molecule has 0 radical (unpaired) electrons. The summed E-state index contributed by atoms with van der Waals surface area (Å²) in [5.41, 5.74) is 3.32. The van der Waals surface area contributed by atoms with Gasteiger partial charge in [0.05, 0.1) is 6.04 Å². The van der Waals surface area contributed by atoms with Gasteiger partial charge in [0.25, 0.3) is 5.91 Å². The van der Waals surface area contributed by atoms with E-state index in [1.54, 1.807) is 11.0 Å². The molecule has 1 saturated heterocycles. The van der Waals surface area contributed by atoms with Gasteiger partial charge in [-0.25, -0.2) is 4.99 Å². The van der Waals surface area contributed by atoms with Crippen LogP contribution in [0.3, 0.4) is 0 Å². The molecule has 1 aliphatic heterocycles. The van der Waals surface area contributed by atoms with Crippen LogP contribution in [0.1, 0.15) is 51.7 Å². The molecule has 1 fully saturated rings. The van der Waals surface area contributed by atoms with Gasteiger partial charge in [-0.15, -0.1) is 0 Å². The quantitative estimate of drug-likeness (QED) is 0.546. The summed E-state index contributed by atoms with van der Waals surface area (Å²) >= 11 is 0. The topological polar surface area (TPSA) is 45.1 Å². The molecule has 1 aliphatic rings. The molecular weight excluding hydrogens is 386 g/mol. The normalized spacial score (nSPS) is 18.4. The first-order valence-corrected chi connectivity index (χ1v) is 11.2. The highest BCUT2D eigenvalue weighted by molar-refractivity contribution is 6.11. The van der Waals surface area contributed by atoms with Crippen LogP contribution < -0.4 is 4.90 Å². The molecule has 0 bridgehead atoms. The van der Waals surface area contributed by atoms with Gasteiger partial charge < -0.3 is 9.64 Å². The van der Waals surface area contributed by atoms with E-state index in [0.29, 0.717) is 18.3 Å². The minimum Gasteiger partial charge on any atom is -0.420 e. The number of hydrogen-bond donors (Lipinski definition) is 0. The third kappa shape index (κ3) is 5.16. The summed E-state index contributed by atoms with van der Waals surface area (Å²) in [7, 11) is 0. The lowest BCUT2D eigenvalue weighted by molar-refractivity contribution is -0.122. The largest absolute Gasteiger partial charge is 0.420 e. The van der Waals surface area contributed by atoms with Crippen molar-refractivity contribution in [2.45, 2.75) is 46.6 Å². The van der Waals surface area contributed by atoms with Gasteiger partial charge in [0, 0.05) is 31.2 Å². The van der Waals surface area contributed by atoms with Crippen LogP contribution in [0.4, 0.5) is 5.69 Å². The number of hydrogen-bond acceptors (Lipinski definition) is 4. The van der Waals surface area contributed by atoms with E-state index in [1.165, 1.54) is 11.3 Å². The van der Waals surface area contributed by atoms with Crippen molar-refractivity contribution in [1.82, 2.24) is 4.90 Å². The van der Waals surface area contributed by atoms with Gasteiger partial charge in [-0.2, -0.15) is 0 Å². The standard InChI is InChI=1S/C26H33N3O2/c1-6-28(7-2)23-16-14-21(15-17-23)18-24-25(30)29(8-3)26(31-24)27-20(5)19(4)22-12-10-9-11-13-22/h9-20H,6-8H2,1-5H3/b24-18+,27-26+. The molecule has 0 spiro atoms. The molecule has 31 heavy (non-hydrogen) atoms. The van der Waals surface area contributed by atoms with E-state index in [-0.39, 0.29) is 17.9 Å². The highest BCUT2D eigenvalue weighted by atomic mass is 16.5. The summed E-state index contributed by atoms with van der Waals surface area (Å²) in [6, 6.07) is 18.8. The van der Waals surface area contributed by atoms with Crippen molar-refractivity contribution in [3.8, 4) is 0 Å². The summed E-state index contributed by atoms with van der Waals surface area (Å²) < 4.78 is 5.93. The molecule has 1 amide bonds. The van der Waals surface area contributed by atoms with Crippen LogP contribution in [0.25, 0.3) is 6.08 Å². The molecule has 164 valence electrons. The summed E-state index contributed by atoms with van der Waals surface area (Å²) in [6.07, 6.45) is 1.80. The Balaban J connectivity index is 1.80. The molecule has 0 saturated carbocycles. The molecular formula is C26H33N3O2. The zero-order valence-corrected chi connectivity index (χ0v) is 19.2. The lowest BCUT2D eigenvalue weighted by atomic mass is 9.95. The summed E-state index contributed by atoms with van der Waals surface area (Å²) in [5.74, 6) is 0.385.